The monoisotopic (exact) mass is 141 g/mol. The van der Waals surface area contributed by atoms with Gasteiger partial charge in [-0.2, -0.15) is 0 Å². The molecular weight excluding hydrogens is 134 g/mol. The first-order valence-electron chi connectivity index (χ1n) is 2.58. The van der Waals surface area contributed by atoms with Crippen molar-refractivity contribution in [1.29, 1.82) is 0 Å². The Morgan fingerprint density at radius 3 is 2.89 bits per heavy atom. The van der Waals surface area contributed by atoms with Gasteiger partial charge in [0, 0.05) is 11.1 Å². The zero-order chi connectivity index (χ0) is 6.69. The van der Waals surface area contributed by atoms with Crippen LogP contribution in [0.4, 0.5) is 0 Å². The van der Waals surface area contributed by atoms with Crippen LogP contribution in [0.3, 0.4) is 0 Å². The molecule has 0 atom stereocenters. The molecule has 9 heavy (non-hydrogen) atoms. The molecule has 1 N–H and O–H groups in total. The highest BCUT2D eigenvalue weighted by Gasteiger charge is 1.93. The maximum atomic E-state index is 8.61. The van der Waals surface area contributed by atoms with Gasteiger partial charge in [0.05, 0.1) is 12.3 Å². The van der Waals surface area contributed by atoms with Crippen molar-refractivity contribution in [1.82, 2.24) is 4.98 Å². The quantitative estimate of drug-likeness (QED) is 0.569. The van der Waals surface area contributed by atoms with Crippen molar-refractivity contribution >= 4 is 12.6 Å². The summed E-state index contributed by atoms with van der Waals surface area (Å²) < 4.78 is 0. The molecule has 0 aliphatic carbocycles. The van der Waals surface area contributed by atoms with Gasteiger partial charge < -0.3 is 5.11 Å². The molecule has 0 saturated heterocycles. The van der Waals surface area contributed by atoms with E-state index in [1.807, 2.05) is 0 Å². The SMILES string of the molecule is OCc1ncccc1S. The van der Waals surface area contributed by atoms with Gasteiger partial charge in [0.2, 0.25) is 0 Å². The topological polar surface area (TPSA) is 33.1 Å². The molecule has 0 radical (unpaired) electrons. The lowest BCUT2D eigenvalue weighted by molar-refractivity contribution is 0.273. The van der Waals surface area contributed by atoms with Crippen LogP contribution in [0.2, 0.25) is 0 Å². The number of aromatic nitrogens is 1. The first-order valence-corrected chi connectivity index (χ1v) is 3.03. The van der Waals surface area contributed by atoms with Crippen LogP contribution in [0.15, 0.2) is 23.2 Å². The van der Waals surface area contributed by atoms with Gasteiger partial charge in [0.15, 0.2) is 0 Å². The summed E-state index contributed by atoms with van der Waals surface area (Å²) in [5.74, 6) is 0. The first kappa shape index (κ1) is 6.58. The van der Waals surface area contributed by atoms with E-state index in [4.69, 9.17) is 5.11 Å². The van der Waals surface area contributed by atoms with E-state index in [9.17, 15) is 0 Å². The van der Waals surface area contributed by atoms with Gasteiger partial charge in [-0.05, 0) is 12.1 Å². The minimum Gasteiger partial charge on any atom is -0.390 e. The van der Waals surface area contributed by atoms with Crippen LogP contribution in [0.5, 0.6) is 0 Å². The molecular formula is C6H7NOS. The largest absolute Gasteiger partial charge is 0.390 e. The second-order valence-corrected chi connectivity index (χ2v) is 2.11. The minimum absolute atomic E-state index is 0.0420. The highest BCUT2D eigenvalue weighted by atomic mass is 32.1. The summed E-state index contributed by atoms with van der Waals surface area (Å²) >= 11 is 4.06. The maximum Gasteiger partial charge on any atom is 0.0864 e. The van der Waals surface area contributed by atoms with Crippen LogP contribution < -0.4 is 0 Å². The van der Waals surface area contributed by atoms with Crippen molar-refractivity contribution in [2.45, 2.75) is 11.5 Å². The molecule has 1 aromatic rings. The molecule has 0 aliphatic heterocycles. The Hall–Kier alpha value is -0.540. The summed E-state index contributed by atoms with van der Waals surface area (Å²) in [5, 5.41) is 8.61. The summed E-state index contributed by atoms with van der Waals surface area (Å²) in [6.45, 7) is -0.0420. The normalized spacial score (nSPS) is 9.56. The van der Waals surface area contributed by atoms with Crippen LogP contribution in [0, 0.1) is 0 Å². The molecule has 1 aromatic heterocycles. The summed E-state index contributed by atoms with van der Waals surface area (Å²) in [7, 11) is 0. The molecule has 0 bridgehead atoms. The van der Waals surface area contributed by atoms with Crippen LogP contribution >= 0.6 is 12.6 Å². The standard InChI is InChI=1S/C6H7NOS/c8-4-5-6(9)2-1-3-7-5/h1-3,8-9H,4H2. The number of rotatable bonds is 1. The molecule has 0 aromatic carbocycles. The first-order chi connectivity index (χ1) is 4.34. The number of hydrogen-bond acceptors (Lipinski definition) is 3. The second kappa shape index (κ2) is 2.85. The summed E-state index contributed by atoms with van der Waals surface area (Å²) in [6.07, 6.45) is 1.63. The number of pyridine rings is 1. The Kier molecular flexibility index (Phi) is 2.08. The third kappa shape index (κ3) is 1.43. The molecule has 0 aliphatic rings. The highest BCUT2D eigenvalue weighted by Crippen LogP contribution is 2.08. The third-order valence-corrected chi connectivity index (χ3v) is 1.42. The summed E-state index contributed by atoms with van der Waals surface area (Å²) in [5.41, 5.74) is 0.626. The Labute approximate surface area is 59.0 Å². The van der Waals surface area contributed by atoms with Crippen molar-refractivity contribution < 1.29 is 5.11 Å². The molecule has 0 saturated carbocycles. The fourth-order valence-electron chi connectivity index (χ4n) is 0.551. The molecule has 0 unspecified atom stereocenters. The molecule has 0 amide bonds. The Morgan fingerprint density at radius 2 is 2.44 bits per heavy atom. The van der Waals surface area contributed by atoms with Gasteiger partial charge in [0.1, 0.15) is 0 Å². The molecule has 2 nitrogen and oxygen atoms in total. The number of aliphatic hydroxyl groups is 1. The summed E-state index contributed by atoms with van der Waals surface area (Å²) in [4.78, 5) is 4.61. The van der Waals surface area contributed by atoms with E-state index in [-0.39, 0.29) is 6.61 Å². The fourth-order valence-corrected chi connectivity index (χ4v) is 0.766. The number of hydrogen-bond donors (Lipinski definition) is 2. The zero-order valence-corrected chi connectivity index (χ0v) is 5.68. The average molecular weight is 141 g/mol. The van der Waals surface area contributed by atoms with Gasteiger partial charge in [-0.3, -0.25) is 4.98 Å². The van der Waals surface area contributed by atoms with E-state index in [1.165, 1.54) is 0 Å². The third-order valence-electron chi connectivity index (χ3n) is 1.02. The fraction of sp³-hybridized carbons (Fsp3) is 0.167. The molecule has 1 rings (SSSR count). The van der Waals surface area contributed by atoms with Crippen molar-refractivity contribution in [3.8, 4) is 0 Å². The lowest BCUT2D eigenvalue weighted by atomic mass is 10.4. The molecule has 48 valence electrons. The van der Waals surface area contributed by atoms with Crippen LogP contribution in [-0.2, 0) is 6.61 Å². The van der Waals surface area contributed by atoms with E-state index in [2.05, 4.69) is 17.6 Å². The van der Waals surface area contributed by atoms with Crippen molar-refractivity contribution in [2.24, 2.45) is 0 Å². The lowest BCUT2D eigenvalue weighted by Crippen LogP contribution is -1.88. The van der Waals surface area contributed by atoms with Gasteiger partial charge in [-0.15, -0.1) is 12.6 Å². The Balaban J connectivity index is 3.01. The smallest absolute Gasteiger partial charge is 0.0864 e. The van der Waals surface area contributed by atoms with Crippen LogP contribution in [0.25, 0.3) is 0 Å². The van der Waals surface area contributed by atoms with Crippen molar-refractivity contribution in [2.75, 3.05) is 0 Å². The number of thiol groups is 1. The molecule has 0 fully saturated rings. The number of nitrogens with zero attached hydrogens (tertiary/aromatic N) is 1. The zero-order valence-electron chi connectivity index (χ0n) is 4.78. The summed E-state index contributed by atoms with van der Waals surface area (Å²) in [6, 6.07) is 3.57. The van der Waals surface area contributed by atoms with Crippen molar-refractivity contribution in [3.05, 3.63) is 24.0 Å². The van der Waals surface area contributed by atoms with Gasteiger partial charge in [-0.1, -0.05) is 0 Å². The minimum atomic E-state index is -0.0420. The van der Waals surface area contributed by atoms with E-state index in [1.54, 1.807) is 18.3 Å². The predicted molar refractivity (Wildman–Crippen MR) is 37.4 cm³/mol. The van der Waals surface area contributed by atoms with E-state index in [0.29, 0.717) is 5.69 Å². The van der Waals surface area contributed by atoms with Crippen molar-refractivity contribution in [3.63, 3.8) is 0 Å². The highest BCUT2D eigenvalue weighted by molar-refractivity contribution is 7.80. The van der Waals surface area contributed by atoms with E-state index in [0.717, 1.165) is 4.90 Å². The van der Waals surface area contributed by atoms with Crippen LogP contribution in [-0.4, -0.2) is 10.1 Å². The number of aliphatic hydroxyl groups excluding tert-OH is 1. The van der Waals surface area contributed by atoms with E-state index < -0.39 is 0 Å². The molecule has 0 spiro atoms. The average Bonchev–Trinajstić information content (AvgIpc) is 1.89. The maximum absolute atomic E-state index is 8.61. The van der Waals surface area contributed by atoms with Gasteiger partial charge >= 0.3 is 0 Å². The van der Waals surface area contributed by atoms with Gasteiger partial charge in [0.25, 0.3) is 0 Å². The molecule has 3 heteroatoms. The Morgan fingerprint density at radius 1 is 1.67 bits per heavy atom. The van der Waals surface area contributed by atoms with Crippen LogP contribution in [0.1, 0.15) is 5.69 Å². The van der Waals surface area contributed by atoms with E-state index >= 15 is 0 Å². The Bertz CT molecular complexity index is 202. The lowest BCUT2D eigenvalue weighted by Gasteiger charge is -1.95. The van der Waals surface area contributed by atoms with Gasteiger partial charge in [-0.25, -0.2) is 0 Å². The second-order valence-electron chi connectivity index (χ2n) is 1.63. The molecule has 1 heterocycles. The predicted octanol–water partition coefficient (Wildman–Crippen LogP) is 0.863.